The van der Waals surface area contributed by atoms with Gasteiger partial charge in [-0.05, 0) is 55.0 Å². The van der Waals surface area contributed by atoms with Crippen LogP contribution in [0.5, 0.6) is 0 Å². The average molecular weight is 361 g/mol. The number of nitrogen functional groups attached to an aromatic ring is 1. The Hall–Kier alpha value is -1.89. The number of nitrogens with one attached hydrogen (secondary N) is 1. The Bertz CT molecular complexity index is 977. The number of aromatic nitrogens is 2. The normalized spacial score (nSPS) is 17.0. The Morgan fingerprint density at radius 3 is 2.83 bits per heavy atom. The van der Waals surface area contributed by atoms with Crippen molar-refractivity contribution >= 4 is 39.1 Å². The number of fused-ring (bicyclic) bond motifs is 3. The zero-order valence-corrected chi connectivity index (χ0v) is 14.7. The maximum Gasteiger partial charge on any atom is 0.268 e. The van der Waals surface area contributed by atoms with Crippen molar-refractivity contribution in [2.75, 3.05) is 5.43 Å². The molecule has 2 heterocycles. The zero-order chi connectivity index (χ0) is 16.8. The van der Waals surface area contributed by atoms with Gasteiger partial charge in [0.15, 0.2) is 0 Å². The van der Waals surface area contributed by atoms with E-state index < -0.39 is 0 Å². The predicted molar refractivity (Wildman–Crippen MR) is 99.2 cm³/mol. The summed E-state index contributed by atoms with van der Waals surface area (Å²) >= 11 is 7.57. The SMILES string of the molecule is C[C@H]1CCc2sc3nc(NN)n(-c4ccc(Cl)cc4)c(=O)c3c2C1. The van der Waals surface area contributed by atoms with E-state index in [9.17, 15) is 4.79 Å². The number of thiophene rings is 1. The van der Waals surface area contributed by atoms with Crippen LogP contribution in [0, 0.1) is 5.92 Å². The van der Waals surface area contributed by atoms with Crippen LogP contribution in [0.3, 0.4) is 0 Å². The van der Waals surface area contributed by atoms with Crippen LogP contribution in [0.1, 0.15) is 23.8 Å². The molecule has 2 aromatic heterocycles. The first kappa shape index (κ1) is 15.6. The number of hydrogen-bond acceptors (Lipinski definition) is 5. The molecule has 0 bridgehead atoms. The van der Waals surface area contributed by atoms with Crippen molar-refractivity contribution in [3.05, 3.63) is 50.1 Å². The average Bonchev–Trinajstić information content (AvgIpc) is 2.93. The summed E-state index contributed by atoms with van der Waals surface area (Å²) in [6.45, 7) is 2.23. The van der Waals surface area contributed by atoms with Crippen LogP contribution in [0.4, 0.5) is 5.95 Å². The van der Waals surface area contributed by atoms with Gasteiger partial charge in [-0.3, -0.25) is 10.2 Å². The molecule has 1 aliphatic rings. The Labute approximate surface area is 148 Å². The third-order valence-electron chi connectivity index (χ3n) is 4.54. The fraction of sp³-hybridized carbons (Fsp3) is 0.294. The first-order chi connectivity index (χ1) is 11.6. The molecule has 7 heteroatoms. The van der Waals surface area contributed by atoms with Crippen molar-refractivity contribution in [1.82, 2.24) is 9.55 Å². The number of hydrogen-bond donors (Lipinski definition) is 2. The Kier molecular flexibility index (Phi) is 3.83. The number of nitrogens with zero attached hydrogens (tertiary/aromatic N) is 2. The summed E-state index contributed by atoms with van der Waals surface area (Å²) in [5, 5.41) is 1.35. The fourth-order valence-corrected chi connectivity index (χ4v) is 4.66. The smallest absolute Gasteiger partial charge is 0.268 e. The second-order valence-corrected chi connectivity index (χ2v) is 7.75. The lowest BCUT2D eigenvalue weighted by atomic mass is 9.89. The highest BCUT2D eigenvalue weighted by molar-refractivity contribution is 7.18. The van der Waals surface area contributed by atoms with E-state index in [0.29, 0.717) is 22.6 Å². The molecular formula is C17H17ClN4OS. The molecule has 0 amide bonds. The van der Waals surface area contributed by atoms with Gasteiger partial charge in [0.2, 0.25) is 5.95 Å². The molecule has 3 N–H and O–H groups in total. The third kappa shape index (κ3) is 2.42. The molecule has 0 fully saturated rings. The fourth-order valence-electron chi connectivity index (χ4n) is 3.32. The van der Waals surface area contributed by atoms with E-state index in [1.54, 1.807) is 35.6 Å². The molecule has 5 nitrogen and oxygen atoms in total. The highest BCUT2D eigenvalue weighted by atomic mass is 35.5. The van der Waals surface area contributed by atoms with E-state index in [0.717, 1.165) is 35.0 Å². The molecule has 0 unspecified atom stereocenters. The van der Waals surface area contributed by atoms with Gasteiger partial charge >= 0.3 is 0 Å². The van der Waals surface area contributed by atoms with Crippen LogP contribution in [0.2, 0.25) is 5.02 Å². The van der Waals surface area contributed by atoms with Crippen LogP contribution in [0.15, 0.2) is 29.1 Å². The molecule has 24 heavy (non-hydrogen) atoms. The van der Waals surface area contributed by atoms with Gasteiger partial charge in [-0.25, -0.2) is 15.4 Å². The van der Waals surface area contributed by atoms with Crippen molar-refractivity contribution in [3.8, 4) is 5.69 Å². The molecule has 124 valence electrons. The quantitative estimate of drug-likeness (QED) is 0.541. The van der Waals surface area contributed by atoms with Gasteiger partial charge in [-0.1, -0.05) is 18.5 Å². The van der Waals surface area contributed by atoms with Crippen LogP contribution in [-0.2, 0) is 12.8 Å². The van der Waals surface area contributed by atoms with Crippen molar-refractivity contribution in [2.45, 2.75) is 26.2 Å². The monoisotopic (exact) mass is 360 g/mol. The molecule has 0 spiro atoms. The zero-order valence-electron chi connectivity index (χ0n) is 13.2. The minimum atomic E-state index is -0.0816. The van der Waals surface area contributed by atoms with Crippen molar-refractivity contribution in [1.29, 1.82) is 0 Å². The molecule has 1 aliphatic carbocycles. The number of anilines is 1. The first-order valence-corrected chi connectivity index (χ1v) is 9.07. The van der Waals surface area contributed by atoms with Gasteiger partial charge in [-0.15, -0.1) is 11.3 Å². The summed E-state index contributed by atoms with van der Waals surface area (Å²) in [7, 11) is 0. The molecule has 0 saturated heterocycles. The summed E-state index contributed by atoms with van der Waals surface area (Å²) in [5.41, 5.74) is 4.33. The maximum absolute atomic E-state index is 13.2. The van der Waals surface area contributed by atoms with E-state index >= 15 is 0 Å². The van der Waals surface area contributed by atoms with E-state index in [4.69, 9.17) is 17.4 Å². The van der Waals surface area contributed by atoms with E-state index in [2.05, 4.69) is 17.3 Å². The molecule has 0 aliphatic heterocycles. The Balaban J connectivity index is 2.02. The second-order valence-electron chi connectivity index (χ2n) is 6.23. The van der Waals surface area contributed by atoms with Crippen LogP contribution in [-0.4, -0.2) is 9.55 Å². The molecule has 1 atom stereocenters. The minimum Gasteiger partial charge on any atom is -0.293 e. The van der Waals surface area contributed by atoms with Gasteiger partial charge in [0.05, 0.1) is 11.1 Å². The number of benzene rings is 1. The molecule has 4 rings (SSSR count). The summed E-state index contributed by atoms with van der Waals surface area (Å²) in [6, 6.07) is 7.08. The van der Waals surface area contributed by atoms with Gasteiger partial charge < -0.3 is 0 Å². The molecule has 1 aromatic carbocycles. The standard InChI is InChI=1S/C17H17ClN4OS/c1-9-2-7-13-12(8-9)14-15(24-13)20-17(21-19)22(16(14)23)11-5-3-10(18)4-6-11/h3-6,9H,2,7-8,19H2,1H3,(H,20,21)/t9-/m0/s1. The lowest BCUT2D eigenvalue weighted by Crippen LogP contribution is -2.26. The van der Waals surface area contributed by atoms with Crippen LogP contribution in [0.25, 0.3) is 15.9 Å². The number of rotatable bonds is 2. The van der Waals surface area contributed by atoms with Crippen molar-refractivity contribution < 1.29 is 0 Å². The number of aryl methyl sites for hydroxylation is 1. The highest BCUT2D eigenvalue weighted by Gasteiger charge is 2.25. The maximum atomic E-state index is 13.2. The first-order valence-electron chi connectivity index (χ1n) is 7.88. The largest absolute Gasteiger partial charge is 0.293 e. The van der Waals surface area contributed by atoms with Crippen molar-refractivity contribution in [3.63, 3.8) is 0 Å². The van der Waals surface area contributed by atoms with Gasteiger partial charge in [0.1, 0.15) is 4.83 Å². The van der Waals surface area contributed by atoms with Gasteiger partial charge in [-0.2, -0.15) is 0 Å². The summed E-state index contributed by atoms with van der Waals surface area (Å²) < 4.78 is 1.52. The Morgan fingerprint density at radius 1 is 1.38 bits per heavy atom. The second kappa shape index (κ2) is 5.88. The molecule has 0 radical (unpaired) electrons. The lowest BCUT2D eigenvalue weighted by Gasteiger charge is -2.18. The number of halogens is 1. The minimum absolute atomic E-state index is 0.0816. The highest BCUT2D eigenvalue weighted by Crippen LogP contribution is 2.36. The topological polar surface area (TPSA) is 72.9 Å². The lowest BCUT2D eigenvalue weighted by molar-refractivity contribution is 0.508. The van der Waals surface area contributed by atoms with Crippen molar-refractivity contribution in [2.24, 2.45) is 11.8 Å². The molecule has 0 saturated carbocycles. The summed E-state index contributed by atoms with van der Waals surface area (Å²) in [4.78, 5) is 19.9. The number of hydrazine groups is 1. The van der Waals surface area contributed by atoms with E-state index in [1.165, 1.54) is 9.44 Å². The third-order valence-corrected chi connectivity index (χ3v) is 5.98. The van der Waals surface area contributed by atoms with Gasteiger partial charge in [0, 0.05) is 9.90 Å². The molecule has 3 aromatic rings. The van der Waals surface area contributed by atoms with E-state index in [-0.39, 0.29) is 5.56 Å². The predicted octanol–water partition coefficient (Wildman–Crippen LogP) is 3.51. The van der Waals surface area contributed by atoms with E-state index in [1.807, 2.05) is 0 Å². The summed E-state index contributed by atoms with van der Waals surface area (Å²) in [6.07, 6.45) is 3.11. The summed E-state index contributed by atoms with van der Waals surface area (Å²) in [5.74, 6) is 6.55. The Morgan fingerprint density at radius 2 is 2.12 bits per heavy atom. The van der Waals surface area contributed by atoms with Crippen LogP contribution < -0.4 is 16.8 Å². The number of nitrogens with two attached hydrogens (primary N) is 1. The van der Waals surface area contributed by atoms with Gasteiger partial charge in [0.25, 0.3) is 5.56 Å². The van der Waals surface area contributed by atoms with Crippen LogP contribution >= 0.6 is 22.9 Å². The molecular weight excluding hydrogens is 344 g/mol.